The minimum atomic E-state index is -0.479. The standard InChI is InChI=1S/C13H15N3O2/c1-9-5-11(9)8-15(2)13-4-3-12(16(17)18)6-10(13)7-14/h3-4,6,9,11H,5,8H2,1-2H3. The Hall–Kier alpha value is -2.09. The van der Waals surface area contributed by atoms with Gasteiger partial charge in [0.1, 0.15) is 6.07 Å². The Morgan fingerprint density at radius 2 is 2.28 bits per heavy atom. The SMILES string of the molecule is CC1CC1CN(C)c1ccc([N+](=O)[O-])cc1C#N. The highest BCUT2D eigenvalue weighted by atomic mass is 16.6. The van der Waals surface area contributed by atoms with E-state index >= 15 is 0 Å². The molecular formula is C13H15N3O2. The summed E-state index contributed by atoms with van der Waals surface area (Å²) >= 11 is 0. The first-order valence-electron chi connectivity index (χ1n) is 5.92. The molecular weight excluding hydrogens is 230 g/mol. The Kier molecular flexibility index (Phi) is 3.19. The zero-order valence-corrected chi connectivity index (χ0v) is 10.5. The van der Waals surface area contributed by atoms with Gasteiger partial charge >= 0.3 is 0 Å². The van der Waals surface area contributed by atoms with E-state index in [0.717, 1.165) is 18.2 Å². The summed E-state index contributed by atoms with van der Waals surface area (Å²) in [5.41, 5.74) is 1.09. The lowest BCUT2D eigenvalue weighted by atomic mass is 10.1. The molecule has 0 bridgehead atoms. The number of benzene rings is 1. The summed E-state index contributed by atoms with van der Waals surface area (Å²) < 4.78 is 0. The first kappa shape index (κ1) is 12.4. The Balaban J connectivity index is 2.21. The lowest BCUT2D eigenvalue weighted by Crippen LogP contribution is -2.21. The summed E-state index contributed by atoms with van der Waals surface area (Å²) in [5, 5.41) is 19.7. The number of nitriles is 1. The van der Waals surface area contributed by atoms with E-state index < -0.39 is 4.92 Å². The maximum atomic E-state index is 10.7. The van der Waals surface area contributed by atoms with Crippen LogP contribution in [0.3, 0.4) is 0 Å². The highest BCUT2D eigenvalue weighted by molar-refractivity contribution is 5.62. The maximum Gasteiger partial charge on any atom is 0.270 e. The van der Waals surface area contributed by atoms with Gasteiger partial charge in [0.2, 0.25) is 0 Å². The van der Waals surface area contributed by atoms with Crippen molar-refractivity contribution in [2.75, 3.05) is 18.5 Å². The van der Waals surface area contributed by atoms with E-state index in [1.54, 1.807) is 6.07 Å². The summed E-state index contributed by atoms with van der Waals surface area (Å²) in [6.07, 6.45) is 1.22. The van der Waals surface area contributed by atoms with Gasteiger partial charge in [-0.25, -0.2) is 0 Å². The van der Waals surface area contributed by atoms with Crippen molar-refractivity contribution in [2.45, 2.75) is 13.3 Å². The Bertz CT molecular complexity index is 521. The van der Waals surface area contributed by atoms with Crippen molar-refractivity contribution in [3.63, 3.8) is 0 Å². The van der Waals surface area contributed by atoms with Crippen LogP contribution in [0.5, 0.6) is 0 Å². The predicted octanol–water partition coefficient (Wildman–Crippen LogP) is 2.56. The summed E-state index contributed by atoms with van der Waals surface area (Å²) in [7, 11) is 1.92. The van der Waals surface area contributed by atoms with Crippen LogP contribution >= 0.6 is 0 Å². The molecule has 1 fully saturated rings. The third-order valence-corrected chi connectivity index (χ3v) is 3.51. The van der Waals surface area contributed by atoms with Gasteiger partial charge in [0.25, 0.3) is 5.69 Å². The van der Waals surface area contributed by atoms with Crippen LogP contribution in [-0.4, -0.2) is 18.5 Å². The third-order valence-electron chi connectivity index (χ3n) is 3.51. The molecule has 0 saturated heterocycles. The largest absolute Gasteiger partial charge is 0.373 e. The number of nitrogens with zero attached hydrogens (tertiary/aromatic N) is 3. The zero-order valence-electron chi connectivity index (χ0n) is 10.5. The summed E-state index contributed by atoms with van der Waals surface area (Å²) in [6.45, 7) is 3.10. The number of hydrogen-bond acceptors (Lipinski definition) is 4. The summed E-state index contributed by atoms with van der Waals surface area (Å²) in [5.74, 6) is 1.42. The average molecular weight is 245 g/mol. The van der Waals surface area contributed by atoms with Crippen molar-refractivity contribution in [1.82, 2.24) is 0 Å². The molecule has 0 spiro atoms. The van der Waals surface area contributed by atoms with Crippen LogP contribution in [-0.2, 0) is 0 Å². The molecule has 1 aliphatic rings. The quantitative estimate of drug-likeness (QED) is 0.603. The Labute approximate surface area is 106 Å². The van der Waals surface area contributed by atoms with Crippen molar-refractivity contribution >= 4 is 11.4 Å². The molecule has 0 amide bonds. The van der Waals surface area contributed by atoms with Gasteiger partial charge in [-0.05, 0) is 24.3 Å². The fourth-order valence-electron chi connectivity index (χ4n) is 2.16. The molecule has 2 rings (SSSR count). The number of anilines is 1. The van der Waals surface area contributed by atoms with Crippen LogP contribution in [0.15, 0.2) is 18.2 Å². The molecule has 1 aromatic carbocycles. The van der Waals surface area contributed by atoms with Crippen molar-refractivity contribution in [3.05, 3.63) is 33.9 Å². The first-order chi connectivity index (χ1) is 8.52. The third kappa shape index (κ3) is 2.43. The van der Waals surface area contributed by atoms with Crippen LogP contribution in [0.25, 0.3) is 0 Å². The van der Waals surface area contributed by atoms with E-state index in [0.29, 0.717) is 11.5 Å². The van der Waals surface area contributed by atoms with E-state index in [1.165, 1.54) is 18.6 Å². The second-order valence-corrected chi connectivity index (χ2v) is 4.92. The number of non-ortho nitro benzene ring substituents is 1. The average Bonchev–Trinajstić information content (AvgIpc) is 3.03. The van der Waals surface area contributed by atoms with Gasteiger partial charge in [-0.2, -0.15) is 5.26 Å². The minimum absolute atomic E-state index is 0.0384. The highest BCUT2D eigenvalue weighted by Crippen LogP contribution is 2.39. The molecule has 2 atom stereocenters. The van der Waals surface area contributed by atoms with Crippen molar-refractivity contribution in [1.29, 1.82) is 5.26 Å². The molecule has 94 valence electrons. The van der Waals surface area contributed by atoms with E-state index in [9.17, 15) is 10.1 Å². The van der Waals surface area contributed by atoms with Gasteiger partial charge in [-0.1, -0.05) is 6.92 Å². The molecule has 0 aliphatic heterocycles. The molecule has 0 aromatic heterocycles. The lowest BCUT2D eigenvalue weighted by Gasteiger charge is -2.20. The van der Waals surface area contributed by atoms with Gasteiger partial charge in [0, 0.05) is 25.7 Å². The molecule has 5 nitrogen and oxygen atoms in total. The number of nitro benzene ring substituents is 1. The fraction of sp³-hybridized carbons (Fsp3) is 0.462. The first-order valence-corrected chi connectivity index (χ1v) is 5.92. The second kappa shape index (κ2) is 4.65. The molecule has 1 saturated carbocycles. The molecule has 5 heteroatoms. The molecule has 1 aliphatic carbocycles. The molecule has 0 N–H and O–H groups in total. The van der Waals surface area contributed by atoms with Crippen LogP contribution in [0, 0.1) is 33.3 Å². The van der Waals surface area contributed by atoms with Gasteiger partial charge in [0.05, 0.1) is 16.2 Å². The van der Waals surface area contributed by atoms with E-state index in [2.05, 4.69) is 6.92 Å². The van der Waals surface area contributed by atoms with Crippen molar-refractivity contribution < 1.29 is 4.92 Å². The highest BCUT2D eigenvalue weighted by Gasteiger charge is 2.33. The zero-order chi connectivity index (χ0) is 13.3. The Morgan fingerprint density at radius 1 is 1.61 bits per heavy atom. The van der Waals surface area contributed by atoms with Gasteiger partial charge in [-0.15, -0.1) is 0 Å². The molecule has 1 aromatic rings. The van der Waals surface area contributed by atoms with Crippen molar-refractivity contribution in [2.24, 2.45) is 11.8 Å². The van der Waals surface area contributed by atoms with Crippen molar-refractivity contribution in [3.8, 4) is 6.07 Å². The fourth-order valence-corrected chi connectivity index (χ4v) is 2.16. The second-order valence-electron chi connectivity index (χ2n) is 4.92. The predicted molar refractivity (Wildman–Crippen MR) is 68.4 cm³/mol. The maximum absolute atomic E-state index is 10.7. The van der Waals surface area contributed by atoms with Gasteiger partial charge in [-0.3, -0.25) is 10.1 Å². The van der Waals surface area contributed by atoms with Crippen LogP contribution < -0.4 is 4.90 Å². The number of nitro groups is 1. The normalized spacial score (nSPS) is 21.2. The summed E-state index contributed by atoms with van der Waals surface area (Å²) in [6, 6.07) is 6.47. The number of rotatable bonds is 4. The molecule has 2 unspecified atom stereocenters. The monoisotopic (exact) mass is 245 g/mol. The molecule has 0 radical (unpaired) electrons. The van der Waals surface area contributed by atoms with Crippen LogP contribution in [0.4, 0.5) is 11.4 Å². The lowest BCUT2D eigenvalue weighted by molar-refractivity contribution is -0.384. The minimum Gasteiger partial charge on any atom is -0.373 e. The van der Waals surface area contributed by atoms with Gasteiger partial charge in [0.15, 0.2) is 0 Å². The number of hydrogen-bond donors (Lipinski definition) is 0. The topological polar surface area (TPSA) is 70.2 Å². The Morgan fingerprint density at radius 3 is 2.78 bits per heavy atom. The molecule has 0 heterocycles. The molecule has 18 heavy (non-hydrogen) atoms. The van der Waals surface area contributed by atoms with Crippen LogP contribution in [0.1, 0.15) is 18.9 Å². The van der Waals surface area contributed by atoms with E-state index in [-0.39, 0.29) is 5.69 Å². The van der Waals surface area contributed by atoms with E-state index in [1.807, 2.05) is 18.0 Å². The smallest absolute Gasteiger partial charge is 0.270 e. The van der Waals surface area contributed by atoms with E-state index in [4.69, 9.17) is 5.26 Å². The van der Waals surface area contributed by atoms with Gasteiger partial charge < -0.3 is 4.90 Å². The summed E-state index contributed by atoms with van der Waals surface area (Å²) in [4.78, 5) is 12.2. The van der Waals surface area contributed by atoms with Crippen LogP contribution in [0.2, 0.25) is 0 Å².